The van der Waals surface area contributed by atoms with Gasteiger partial charge in [-0.05, 0) is 50.6 Å². The molecule has 2 aromatic heterocycles. The summed E-state index contributed by atoms with van der Waals surface area (Å²) in [4.78, 5) is 47.1. The number of benzene rings is 2. The van der Waals surface area contributed by atoms with E-state index in [1.807, 2.05) is 4.72 Å². The fourth-order valence-corrected chi connectivity index (χ4v) is 5.70. The molecule has 0 bridgehead atoms. The Balaban J connectivity index is 0.000000280. The number of aromatic nitrogens is 6. The lowest BCUT2D eigenvalue weighted by atomic mass is 10.1. The number of carbonyl (C=O) groups excluding carboxylic acids is 2. The van der Waals surface area contributed by atoms with Crippen molar-refractivity contribution in [2.45, 2.75) is 44.0 Å². The number of sulfonamides is 1. The summed E-state index contributed by atoms with van der Waals surface area (Å²) in [6.45, 7) is 1.48. The van der Waals surface area contributed by atoms with Gasteiger partial charge in [-0.3, -0.25) is 10.1 Å². The average molecular weight is 814 g/mol. The van der Waals surface area contributed by atoms with Gasteiger partial charge in [0, 0.05) is 11.4 Å². The fraction of sp³-hybridized carbons (Fsp3) is 0.345. The Hall–Kier alpha value is -4.66. The number of amides is 2. The third kappa shape index (κ3) is 10.9. The molecule has 0 aliphatic carbocycles. The van der Waals surface area contributed by atoms with Crippen LogP contribution in [-0.2, 0) is 26.0 Å². The number of ether oxygens (including phenoxy) is 3. The van der Waals surface area contributed by atoms with Crippen LogP contribution in [0, 0.1) is 19.7 Å². The van der Waals surface area contributed by atoms with Crippen molar-refractivity contribution in [1.29, 1.82) is 0 Å². The number of para-hydroxylation sites is 1. The minimum atomic E-state index is -4.20. The van der Waals surface area contributed by atoms with E-state index in [4.69, 9.17) is 49.0 Å². The van der Waals surface area contributed by atoms with Crippen molar-refractivity contribution in [1.82, 2.24) is 34.0 Å². The molecule has 0 aliphatic rings. The summed E-state index contributed by atoms with van der Waals surface area (Å²) in [6.07, 6.45) is -0.115. The molecular weight excluding hydrogens is 784 g/mol. The monoisotopic (exact) mass is 812 g/mol. The molecule has 1 atom stereocenters. The summed E-state index contributed by atoms with van der Waals surface area (Å²) >= 11 is 17.4. The molecule has 1 unspecified atom stereocenters. The lowest BCUT2D eigenvalue weighted by Gasteiger charge is -2.12. The molecule has 0 aliphatic heterocycles. The van der Waals surface area contributed by atoms with Crippen LogP contribution < -0.4 is 25.2 Å². The number of urea groups is 1. The number of nitrogens with one attached hydrogen (secondary N) is 2. The van der Waals surface area contributed by atoms with E-state index in [2.05, 4.69) is 25.4 Å². The minimum Gasteiger partial charge on any atom is -0.491 e. The topological polar surface area (TPSA) is 199 Å². The van der Waals surface area contributed by atoms with Gasteiger partial charge < -0.3 is 14.2 Å². The second-order valence-electron chi connectivity index (χ2n) is 9.94. The highest BCUT2D eigenvalue weighted by molar-refractivity contribution is 7.90. The molecular formula is C29H30Cl3F3N8O8S. The Morgan fingerprint density at radius 1 is 1.10 bits per heavy atom. The molecule has 4 aromatic rings. The third-order valence-electron chi connectivity index (χ3n) is 6.30. The maximum absolute atomic E-state index is 14.2. The second kappa shape index (κ2) is 18.7. The van der Waals surface area contributed by atoms with Gasteiger partial charge in [-0.15, -0.1) is 28.3 Å². The summed E-state index contributed by atoms with van der Waals surface area (Å²) in [5, 5.41) is 4.73. The third-order valence-corrected chi connectivity index (χ3v) is 8.51. The number of esters is 1. The zero-order valence-corrected chi connectivity index (χ0v) is 30.7. The van der Waals surface area contributed by atoms with Gasteiger partial charge >= 0.3 is 30.3 Å². The number of nitrogens with zero attached hydrogens (tertiary/aromatic N) is 6. The van der Waals surface area contributed by atoms with Crippen molar-refractivity contribution in [2.24, 2.45) is 0 Å². The second-order valence-corrected chi connectivity index (χ2v) is 12.9. The van der Waals surface area contributed by atoms with E-state index in [1.165, 1.54) is 32.2 Å². The summed E-state index contributed by atoms with van der Waals surface area (Å²) in [6, 6.07) is 6.82. The molecule has 52 heavy (non-hydrogen) atoms. The normalized spacial score (nSPS) is 11.7. The van der Waals surface area contributed by atoms with Gasteiger partial charge in [0.2, 0.25) is 5.95 Å². The molecule has 0 radical (unpaired) electrons. The summed E-state index contributed by atoms with van der Waals surface area (Å²) in [7, 11) is -2.85. The first kappa shape index (κ1) is 41.8. The van der Waals surface area contributed by atoms with E-state index >= 15 is 0 Å². The quantitative estimate of drug-likeness (QED) is 0.141. The van der Waals surface area contributed by atoms with Crippen molar-refractivity contribution in [3.63, 3.8) is 0 Å². The highest BCUT2D eigenvalue weighted by Gasteiger charge is 2.25. The van der Waals surface area contributed by atoms with Gasteiger partial charge in [0.25, 0.3) is 10.0 Å². The molecule has 23 heteroatoms. The number of rotatable bonds is 13. The highest BCUT2D eigenvalue weighted by Crippen LogP contribution is 2.26. The fourth-order valence-electron chi connectivity index (χ4n) is 4.11. The maximum atomic E-state index is 14.2. The first-order valence-electron chi connectivity index (χ1n) is 14.7. The summed E-state index contributed by atoms with van der Waals surface area (Å²) in [5.41, 5.74) is -1.37. The molecule has 282 valence electrons. The average Bonchev–Trinajstić information content (AvgIpc) is 3.37. The van der Waals surface area contributed by atoms with Crippen molar-refractivity contribution >= 4 is 62.8 Å². The molecule has 0 spiro atoms. The Labute approximate surface area is 309 Å². The number of carbonyl (C=O) groups is 2. The molecule has 0 saturated carbocycles. The molecule has 0 saturated heterocycles. The Morgan fingerprint density at radius 2 is 1.79 bits per heavy atom. The van der Waals surface area contributed by atoms with Crippen LogP contribution in [0.1, 0.15) is 30.7 Å². The lowest BCUT2D eigenvalue weighted by Crippen LogP contribution is -2.35. The molecule has 4 rings (SSSR count). The zero-order valence-electron chi connectivity index (χ0n) is 27.6. The van der Waals surface area contributed by atoms with E-state index in [-0.39, 0.29) is 80.6 Å². The SMILES string of the molecule is CCOC(=O)C(Cl)Cc1cc(-n2nc(C)n(C(F)F)c2=O)c(F)cc1Cl.COc1nc(C)nc(NC(=O)NS(=O)(=O)c2ccccc2OCCCl)n1. The van der Waals surface area contributed by atoms with E-state index in [0.29, 0.717) is 4.68 Å². The molecule has 2 amide bonds. The van der Waals surface area contributed by atoms with Crippen molar-refractivity contribution in [3.05, 3.63) is 74.9 Å². The van der Waals surface area contributed by atoms with Gasteiger partial charge in [-0.2, -0.15) is 28.4 Å². The molecule has 2 N–H and O–H groups in total. The van der Waals surface area contributed by atoms with Crippen LogP contribution in [0.25, 0.3) is 5.69 Å². The molecule has 2 heterocycles. The van der Waals surface area contributed by atoms with Crippen molar-refractivity contribution < 1.29 is 45.4 Å². The van der Waals surface area contributed by atoms with Gasteiger partial charge in [0.05, 0.1) is 19.6 Å². The number of alkyl halides is 4. The predicted molar refractivity (Wildman–Crippen MR) is 182 cm³/mol. The van der Waals surface area contributed by atoms with Crippen LogP contribution in [0.15, 0.2) is 46.1 Å². The largest absolute Gasteiger partial charge is 0.491 e. The highest BCUT2D eigenvalue weighted by atomic mass is 35.5. The predicted octanol–water partition coefficient (Wildman–Crippen LogP) is 4.56. The lowest BCUT2D eigenvalue weighted by molar-refractivity contribution is -0.142. The van der Waals surface area contributed by atoms with Gasteiger partial charge in [0.1, 0.15) is 40.0 Å². The van der Waals surface area contributed by atoms with E-state index < -0.39 is 45.5 Å². The number of hydrogen-bond acceptors (Lipinski definition) is 12. The summed E-state index contributed by atoms with van der Waals surface area (Å²) < 4.78 is 82.4. The van der Waals surface area contributed by atoms with Crippen LogP contribution in [-0.4, -0.2) is 81.3 Å². The minimum absolute atomic E-state index is 0.0181. The van der Waals surface area contributed by atoms with E-state index in [0.717, 1.165) is 12.1 Å². The first-order chi connectivity index (χ1) is 24.5. The van der Waals surface area contributed by atoms with Gasteiger partial charge in [0.15, 0.2) is 5.82 Å². The number of hydrogen-bond donors (Lipinski definition) is 2. The van der Waals surface area contributed by atoms with E-state index in [9.17, 15) is 36.0 Å². The van der Waals surface area contributed by atoms with Crippen LogP contribution in [0.2, 0.25) is 5.02 Å². The Bertz CT molecular complexity index is 2070. The van der Waals surface area contributed by atoms with Crippen LogP contribution >= 0.6 is 34.8 Å². The zero-order chi connectivity index (χ0) is 38.7. The Kier molecular flexibility index (Phi) is 15.0. The Morgan fingerprint density at radius 3 is 2.40 bits per heavy atom. The molecule has 0 fully saturated rings. The van der Waals surface area contributed by atoms with Crippen LogP contribution in [0.5, 0.6) is 11.8 Å². The number of halogens is 6. The van der Waals surface area contributed by atoms with Crippen LogP contribution in [0.4, 0.5) is 23.9 Å². The number of anilines is 1. The summed E-state index contributed by atoms with van der Waals surface area (Å²) in [5.74, 6) is -1.53. The van der Waals surface area contributed by atoms with Crippen LogP contribution in [0.3, 0.4) is 0 Å². The van der Waals surface area contributed by atoms with Gasteiger partial charge in [-0.25, -0.2) is 31.7 Å². The molecule has 16 nitrogen and oxygen atoms in total. The van der Waals surface area contributed by atoms with Crippen molar-refractivity contribution in [2.75, 3.05) is 31.5 Å². The standard InChI is InChI=1S/C15H14Cl2F3N3O3.C14H16ClN5O5S/c1-3-26-13(24)10(17)4-8-5-12(11(18)6-9(8)16)23-15(25)22(14(19)20)7(2)21-23;1-9-16-12(19-14(17-9)24-2)18-13(21)20-26(22,23)11-6-4-3-5-10(11)25-8-7-15/h5-6,10,14H,3-4H2,1-2H3;3-6H,7-8H2,1-2H3,(H2,16,17,18,19,20,21). The van der Waals surface area contributed by atoms with Crippen molar-refractivity contribution in [3.8, 4) is 17.4 Å². The smallest absolute Gasteiger partial charge is 0.355 e. The first-order valence-corrected chi connectivity index (χ1v) is 17.5. The van der Waals surface area contributed by atoms with Gasteiger partial charge in [-0.1, -0.05) is 23.7 Å². The van der Waals surface area contributed by atoms with E-state index in [1.54, 1.807) is 19.9 Å². The number of methoxy groups -OCH3 is 1. The maximum Gasteiger partial charge on any atom is 0.355 e. The number of aryl methyl sites for hydroxylation is 2. The molecule has 2 aromatic carbocycles.